The molecule has 4 aliphatic rings. The first-order valence-corrected chi connectivity index (χ1v) is 17.3. The first-order valence-electron chi connectivity index (χ1n) is 16.4. The van der Waals surface area contributed by atoms with Crippen LogP contribution in [-0.2, 0) is 53.0 Å². The SMILES string of the molecule is O=C(C[C@@H](Cc1cccs1)NC(=O)[C@@H]1C[C@@H](NC(=O)c2ccc3c(c2)B(O)OC3)CN1C(=O)c1ccc2c(c1)B(O)OC2)ON1C(=O)CCC1=O. The van der Waals surface area contributed by atoms with Crippen molar-refractivity contribution in [2.45, 2.75) is 63.4 Å². The summed E-state index contributed by atoms with van der Waals surface area (Å²) in [6.45, 7) is 0.376. The number of hydroxylamine groups is 2. The van der Waals surface area contributed by atoms with Crippen molar-refractivity contribution in [1.29, 1.82) is 0 Å². The lowest BCUT2D eigenvalue weighted by molar-refractivity contribution is -0.197. The van der Waals surface area contributed by atoms with Gasteiger partial charge >= 0.3 is 20.2 Å². The Bertz CT molecular complexity index is 1890. The molecule has 5 heterocycles. The Hall–Kier alpha value is -4.87. The van der Waals surface area contributed by atoms with E-state index < -0.39 is 67.9 Å². The second-order valence-electron chi connectivity index (χ2n) is 12.8. The fourth-order valence-corrected chi connectivity index (χ4v) is 7.48. The zero-order valence-corrected chi connectivity index (χ0v) is 27.9. The molecule has 51 heavy (non-hydrogen) atoms. The van der Waals surface area contributed by atoms with Gasteiger partial charge in [-0.3, -0.25) is 24.0 Å². The summed E-state index contributed by atoms with van der Waals surface area (Å²) < 4.78 is 10.5. The van der Waals surface area contributed by atoms with Gasteiger partial charge in [-0.15, -0.1) is 16.4 Å². The highest BCUT2D eigenvalue weighted by Crippen LogP contribution is 2.24. The molecule has 15 nitrogen and oxygen atoms in total. The predicted molar refractivity (Wildman–Crippen MR) is 180 cm³/mol. The summed E-state index contributed by atoms with van der Waals surface area (Å²) in [5.41, 5.74) is 2.89. The van der Waals surface area contributed by atoms with Crippen LogP contribution in [0.15, 0.2) is 53.9 Å². The summed E-state index contributed by atoms with van der Waals surface area (Å²) >= 11 is 1.41. The number of nitrogens with one attached hydrogen (secondary N) is 2. The zero-order chi connectivity index (χ0) is 35.8. The number of carbonyl (C=O) groups excluding carboxylic acids is 6. The highest BCUT2D eigenvalue weighted by Gasteiger charge is 2.42. The molecule has 2 aromatic carbocycles. The molecule has 1 aromatic heterocycles. The summed E-state index contributed by atoms with van der Waals surface area (Å²) in [4.78, 5) is 85.7. The van der Waals surface area contributed by atoms with Crippen molar-refractivity contribution < 1.29 is 53.0 Å². The largest absolute Gasteiger partial charge is 0.491 e. The third-order valence-corrected chi connectivity index (χ3v) is 10.2. The van der Waals surface area contributed by atoms with Crippen LogP contribution >= 0.6 is 11.3 Å². The average molecular weight is 714 g/mol. The van der Waals surface area contributed by atoms with E-state index in [1.165, 1.54) is 22.3 Å². The van der Waals surface area contributed by atoms with Crippen LogP contribution < -0.4 is 21.6 Å². The molecule has 3 atom stereocenters. The molecular formula is C33H32B2N4O11S. The molecule has 0 bridgehead atoms. The van der Waals surface area contributed by atoms with E-state index in [1.54, 1.807) is 30.3 Å². The Morgan fingerprint density at radius 3 is 2.24 bits per heavy atom. The third-order valence-electron chi connectivity index (χ3n) is 9.31. The number of amides is 5. The number of carbonyl (C=O) groups is 6. The third kappa shape index (κ3) is 7.31. The summed E-state index contributed by atoms with van der Waals surface area (Å²) in [6, 6.07) is 10.7. The second-order valence-corrected chi connectivity index (χ2v) is 13.8. The number of thiophene rings is 1. The van der Waals surface area contributed by atoms with E-state index in [1.807, 2.05) is 17.5 Å². The van der Waals surface area contributed by atoms with Crippen molar-refractivity contribution in [3.8, 4) is 0 Å². The highest BCUT2D eigenvalue weighted by atomic mass is 32.1. The summed E-state index contributed by atoms with van der Waals surface area (Å²) in [5.74, 6) is -3.74. The van der Waals surface area contributed by atoms with E-state index in [0.29, 0.717) is 16.0 Å². The number of rotatable bonds is 10. The normalized spacial score (nSPS) is 20.0. The number of imide groups is 1. The fourth-order valence-electron chi connectivity index (χ4n) is 6.69. The van der Waals surface area contributed by atoms with E-state index in [9.17, 15) is 38.8 Å². The molecule has 3 aromatic rings. The van der Waals surface area contributed by atoms with Gasteiger partial charge in [-0.05, 0) is 64.2 Å². The van der Waals surface area contributed by atoms with E-state index in [2.05, 4.69) is 10.6 Å². The van der Waals surface area contributed by atoms with E-state index in [0.717, 1.165) is 16.0 Å². The summed E-state index contributed by atoms with van der Waals surface area (Å²) in [7, 11) is -2.34. The van der Waals surface area contributed by atoms with Crippen LogP contribution in [0.3, 0.4) is 0 Å². The van der Waals surface area contributed by atoms with Gasteiger partial charge < -0.3 is 39.7 Å². The van der Waals surface area contributed by atoms with Crippen LogP contribution in [0.1, 0.15) is 62.4 Å². The molecule has 5 amide bonds. The zero-order valence-electron chi connectivity index (χ0n) is 27.1. The number of nitrogens with zero attached hydrogens (tertiary/aromatic N) is 2. The molecule has 7 rings (SSSR count). The van der Waals surface area contributed by atoms with Gasteiger partial charge in [0.2, 0.25) is 5.91 Å². The van der Waals surface area contributed by atoms with Crippen LogP contribution in [0, 0.1) is 0 Å². The minimum absolute atomic E-state index is 0.0314. The molecule has 262 valence electrons. The number of hydrogen-bond donors (Lipinski definition) is 4. The van der Waals surface area contributed by atoms with Gasteiger partial charge in [0, 0.05) is 53.9 Å². The lowest BCUT2D eigenvalue weighted by Crippen LogP contribution is -2.50. The van der Waals surface area contributed by atoms with Crippen molar-refractivity contribution in [1.82, 2.24) is 20.6 Å². The second kappa shape index (κ2) is 14.4. The monoisotopic (exact) mass is 714 g/mol. The number of hydrogen-bond acceptors (Lipinski definition) is 12. The van der Waals surface area contributed by atoms with Crippen LogP contribution in [-0.4, -0.2) is 94.4 Å². The minimum Gasteiger partial charge on any atom is -0.423 e. The van der Waals surface area contributed by atoms with Crippen molar-refractivity contribution in [2.24, 2.45) is 0 Å². The summed E-state index contributed by atoms with van der Waals surface area (Å²) in [6.07, 6.45) is -0.257. The Morgan fingerprint density at radius 2 is 1.59 bits per heavy atom. The molecule has 0 aliphatic carbocycles. The molecule has 4 aliphatic heterocycles. The molecular weight excluding hydrogens is 682 g/mol. The number of likely N-dealkylation sites (tertiary alicyclic amines) is 1. The molecule has 2 saturated heterocycles. The van der Waals surface area contributed by atoms with Crippen molar-refractivity contribution >= 4 is 72.0 Å². The highest BCUT2D eigenvalue weighted by molar-refractivity contribution is 7.09. The van der Waals surface area contributed by atoms with Gasteiger partial charge in [0.15, 0.2) is 0 Å². The van der Waals surface area contributed by atoms with Crippen molar-refractivity contribution in [2.75, 3.05) is 6.54 Å². The minimum atomic E-state index is -1.20. The first-order chi connectivity index (χ1) is 24.5. The van der Waals surface area contributed by atoms with E-state index in [4.69, 9.17) is 14.1 Å². The molecule has 0 spiro atoms. The molecule has 0 unspecified atom stereocenters. The maximum Gasteiger partial charge on any atom is 0.491 e. The van der Waals surface area contributed by atoms with Crippen LogP contribution in [0.4, 0.5) is 0 Å². The smallest absolute Gasteiger partial charge is 0.423 e. The van der Waals surface area contributed by atoms with Crippen LogP contribution in [0.2, 0.25) is 0 Å². The van der Waals surface area contributed by atoms with E-state index >= 15 is 0 Å². The molecule has 18 heteroatoms. The average Bonchev–Trinajstić information content (AvgIpc) is 3.96. The molecule has 2 fully saturated rings. The van der Waals surface area contributed by atoms with Crippen molar-refractivity contribution in [3.63, 3.8) is 0 Å². The summed E-state index contributed by atoms with van der Waals surface area (Å²) in [5, 5.41) is 28.4. The van der Waals surface area contributed by atoms with Crippen molar-refractivity contribution in [3.05, 3.63) is 81.0 Å². The maximum atomic E-state index is 14.1. The first kappa shape index (κ1) is 34.6. The van der Waals surface area contributed by atoms with Gasteiger partial charge in [0.25, 0.3) is 23.6 Å². The predicted octanol–water partition coefficient (Wildman–Crippen LogP) is -1.08. The van der Waals surface area contributed by atoms with Gasteiger partial charge in [-0.2, -0.15) is 0 Å². The van der Waals surface area contributed by atoms with Crippen LogP contribution in [0.25, 0.3) is 0 Å². The van der Waals surface area contributed by atoms with E-state index in [-0.39, 0.29) is 63.0 Å². The molecule has 0 radical (unpaired) electrons. The van der Waals surface area contributed by atoms with Gasteiger partial charge in [0.05, 0.1) is 19.6 Å². The quantitative estimate of drug-likeness (QED) is 0.147. The Kier molecular flexibility index (Phi) is 9.76. The Labute approximate surface area is 296 Å². The van der Waals surface area contributed by atoms with Gasteiger partial charge in [-0.1, -0.05) is 18.2 Å². The topological polar surface area (TPSA) is 201 Å². The number of fused-ring (bicyclic) bond motifs is 2. The molecule has 0 saturated carbocycles. The maximum absolute atomic E-state index is 14.1. The Morgan fingerprint density at radius 1 is 0.941 bits per heavy atom. The van der Waals surface area contributed by atoms with Crippen LogP contribution in [0.5, 0.6) is 0 Å². The molecule has 4 N–H and O–H groups in total. The number of benzene rings is 2. The lowest BCUT2D eigenvalue weighted by Gasteiger charge is -2.26. The van der Waals surface area contributed by atoms with Gasteiger partial charge in [-0.25, -0.2) is 4.79 Å². The lowest BCUT2D eigenvalue weighted by atomic mass is 9.78. The van der Waals surface area contributed by atoms with Gasteiger partial charge in [0.1, 0.15) is 6.04 Å². The standard InChI is InChI=1S/C33H32B2N4O11S/c40-28-7-8-29(41)39(28)50-30(42)14-22(12-24-2-1-9-51-24)36-32(44)27-13-23(37-31(43)18-3-5-20-16-48-34(46)25(20)10-18)15-38(27)33(45)19-4-6-21-17-49-35(47)26(21)11-19/h1-6,9-11,22-23,27,46-47H,7-8,12-17H2,(H,36,44)(H,37,43)/t22-,23-,27+/m1/s1. The Balaban J connectivity index is 1.11. The fraction of sp³-hybridized carbons (Fsp3) is 0.333.